The van der Waals surface area contributed by atoms with Gasteiger partial charge in [0, 0.05) is 0 Å². The summed E-state index contributed by atoms with van der Waals surface area (Å²) in [6.07, 6.45) is 13.9. The molecular formula is C40H48Hf. The Morgan fingerprint density at radius 3 is 1.63 bits per heavy atom. The summed E-state index contributed by atoms with van der Waals surface area (Å²) in [7, 11) is 0. The van der Waals surface area contributed by atoms with Crippen molar-refractivity contribution >= 4 is 3.26 Å². The molecule has 0 nitrogen and oxygen atoms in total. The first kappa shape index (κ1) is 29.0. The van der Waals surface area contributed by atoms with Crippen LogP contribution in [0, 0.1) is 5.92 Å². The van der Waals surface area contributed by atoms with Crippen molar-refractivity contribution in [2.45, 2.75) is 98.7 Å². The molecule has 1 heteroatoms. The van der Waals surface area contributed by atoms with Gasteiger partial charge in [0.2, 0.25) is 0 Å². The SMILES string of the molecule is CC(C)c1ccc([C](C2CCC2)=[Hf]([CH]2C=CC=C2)[CH]2c3cc(C(C)(C)C)ccc3-c3ccc(C(C)(C)C)cc32)cc1. The van der Waals surface area contributed by atoms with Crippen LogP contribution in [-0.2, 0) is 31.8 Å². The van der Waals surface area contributed by atoms with Crippen molar-refractivity contribution in [3.8, 4) is 11.1 Å². The molecule has 0 saturated heterocycles. The molecule has 41 heavy (non-hydrogen) atoms. The van der Waals surface area contributed by atoms with E-state index in [-0.39, 0.29) is 10.8 Å². The topological polar surface area (TPSA) is 0 Å². The van der Waals surface area contributed by atoms with Gasteiger partial charge in [0.05, 0.1) is 0 Å². The molecule has 0 aromatic heterocycles. The standard InChI is InChI=1S/C21H25.C14H18.C5H5.Hf/c1-20(2,3)16-7-9-18-14(12-16)11-15-13-17(21(4,5)6)8-10-19(15)18;1-11(2)14-8-6-13(7-9-14)10-12-4-3-5-12;1-2-4-5-3-1;/h7-13H,1-6H3;6-9,11-12H,3-5H2,1-2H3;1-5H;. The van der Waals surface area contributed by atoms with Gasteiger partial charge < -0.3 is 0 Å². The van der Waals surface area contributed by atoms with Crippen molar-refractivity contribution in [1.82, 2.24) is 0 Å². The second-order valence-electron chi connectivity index (χ2n) is 15.1. The van der Waals surface area contributed by atoms with Crippen LogP contribution < -0.4 is 0 Å². The average Bonchev–Trinajstić information content (AvgIpc) is 3.53. The normalized spacial score (nSPS) is 18.1. The Bertz CT molecular complexity index is 1470. The molecule has 1 fully saturated rings. The molecule has 3 aromatic carbocycles. The zero-order valence-electron chi connectivity index (χ0n) is 26.5. The fourth-order valence-electron chi connectivity index (χ4n) is 7.08. The summed E-state index contributed by atoms with van der Waals surface area (Å²) in [6, 6.07) is 24.9. The van der Waals surface area contributed by atoms with Gasteiger partial charge in [-0.25, -0.2) is 0 Å². The van der Waals surface area contributed by atoms with E-state index >= 15 is 0 Å². The van der Waals surface area contributed by atoms with Gasteiger partial charge in [0.25, 0.3) is 0 Å². The molecule has 1 saturated carbocycles. The van der Waals surface area contributed by atoms with Crippen LogP contribution in [0.3, 0.4) is 0 Å². The second-order valence-corrected chi connectivity index (χ2v) is 24.8. The first-order valence-electron chi connectivity index (χ1n) is 15.9. The maximum atomic E-state index is 2.63. The molecule has 3 aromatic rings. The van der Waals surface area contributed by atoms with E-state index in [1.165, 1.54) is 47.1 Å². The summed E-state index contributed by atoms with van der Waals surface area (Å²) >= 11 is -2.70. The number of hydrogen-bond donors (Lipinski definition) is 0. The van der Waals surface area contributed by atoms with Gasteiger partial charge in [0.1, 0.15) is 0 Å². The second kappa shape index (κ2) is 10.9. The Morgan fingerprint density at radius 2 is 1.22 bits per heavy atom. The van der Waals surface area contributed by atoms with Crippen molar-refractivity contribution in [1.29, 1.82) is 0 Å². The van der Waals surface area contributed by atoms with Crippen LogP contribution in [-0.4, -0.2) is 3.26 Å². The van der Waals surface area contributed by atoms with Gasteiger partial charge in [0.15, 0.2) is 0 Å². The van der Waals surface area contributed by atoms with Crippen LogP contribution in [0.15, 0.2) is 85.0 Å². The van der Waals surface area contributed by atoms with Gasteiger partial charge in [-0.3, -0.25) is 0 Å². The Hall–Kier alpha value is -2.12. The molecule has 0 radical (unpaired) electrons. The van der Waals surface area contributed by atoms with Gasteiger partial charge in [-0.2, -0.15) is 0 Å². The molecule has 0 amide bonds. The van der Waals surface area contributed by atoms with Crippen molar-refractivity contribution in [2.24, 2.45) is 5.92 Å². The first-order valence-corrected chi connectivity index (χ1v) is 21.9. The fraction of sp³-hybridized carbons (Fsp3) is 0.425. The summed E-state index contributed by atoms with van der Waals surface area (Å²) in [6.45, 7) is 18.8. The molecule has 0 spiro atoms. The van der Waals surface area contributed by atoms with Crippen LogP contribution in [0.5, 0.6) is 0 Å². The van der Waals surface area contributed by atoms with E-state index < -0.39 is 21.0 Å². The maximum absolute atomic E-state index is 2.70. The molecule has 0 bridgehead atoms. The molecule has 0 aliphatic heterocycles. The van der Waals surface area contributed by atoms with Crippen molar-refractivity contribution < 1.29 is 21.0 Å². The molecule has 0 atom stereocenters. The van der Waals surface area contributed by atoms with E-state index in [4.69, 9.17) is 0 Å². The van der Waals surface area contributed by atoms with E-state index in [0.717, 1.165) is 5.92 Å². The summed E-state index contributed by atoms with van der Waals surface area (Å²) in [5.41, 5.74) is 12.5. The third kappa shape index (κ3) is 5.42. The fourth-order valence-corrected chi connectivity index (χ4v) is 21.8. The van der Waals surface area contributed by atoms with Crippen LogP contribution >= 0.6 is 0 Å². The number of allylic oxidation sites excluding steroid dienone is 4. The minimum atomic E-state index is -2.70. The Labute approximate surface area is 257 Å². The van der Waals surface area contributed by atoms with Crippen molar-refractivity contribution in [3.63, 3.8) is 0 Å². The van der Waals surface area contributed by atoms with E-state index in [1.807, 2.05) is 3.26 Å². The predicted molar refractivity (Wildman–Crippen MR) is 175 cm³/mol. The van der Waals surface area contributed by atoms with Crippen molar-refractivity contribution in [2.75, 3.05) is 0 Å². The monoisotopic (exact) mass is 708 g/mol. The Morgan fingerprint density at radius 1 is 0.707 bits per heavy atom. The number of hydrogen-bond acceptors (Lipinski definition) is 0. The van der Waals surface area contributed by atoms with E-state index in [2.05, 4.69) is 140 Å². The number of benzene rings is 3. The summed E-state index contributed by atoms with van der Waals surface area (Å²) < 4.78 is 3.07. The van der Waals surface area contributed by atoms with Gasteiger partial charge in [-0.1, -0.05) is 0 Å². The Kier molecular flexibility index (Phi) is 7.67. The molecule has 0 N–H and O–H groups in total. The minimum absolute atomic E-state index is 0.136. The molecule has 6 rings (SSSR count). The predicted octanol–water partition coefficient (Wildman–Crippen LogP) is 11.0. The van der Waals surface area contributed by atoms with Crippen molar-refractivity contribution in [3.05, 3.63) is 118 Å². The average molecular weight is 707 g/mol. The van der Waals surface area contributed by atoms with Crippen LogP contribution in [0.25, 0.3) is 11.1 Å². The quantitative estimate of drug-likeness (QED) is 0.232. The molecular weight excluding hydrogens is 659 g/mol. The molecule has 0 unspecified atom stereocenters. The number of rotatable bonds is 5. The molecule has 212 valence electrons. The number of fused-ring (bicyclic) bond motifs is 3. The van der Waals surface area contributed by atoms with Gasteiger partial charge in [-0.15, -0.1) is 0 Å². The zero-order valence-corrected chi connectivity index (χ0v) is 30.1. The van der Waals surface area contributed by atoms with Crippen LogP contribution in [0.2, 0.25) is 3.67 Å². The zero-order chi connectivity index (χ0) is 29.1. The third-order valence-corrected chi connectivity index (χ3v) is 23.0. The van der Waals surface area contributed by atoms with E-state index in [0.29, 0.717) is 13.3 Å². The first-order chi connectivity index (χ1) is 19.4. The van der Waals surface area contributed by atoms with Gasteiger partial charge in [-0.05, 0) is 0 Å². The molecule has 3 aliphatic rings. The van der Waals surface area contributed by atoms with Crippen LogP contribution in [0.1, 0.15) is 118 Å². The Balaban J connectivity index is 1.67. The summed E-state index contributed by atoms with van der Waals surface area (Å²) in [5, 5.41) is 0. The van der Waals surface area contributed by atoms with Crippen LogP contribution in [0.4, 0.5) is 0 Å². The summed E-state index contributed by atoms with van der Waals surface area (Å²) in [5.74, 6) is 1.32. The van der Waals surface area contributed by atoms with E-state index in [1.54, 1.807) is 16.7 Å². The summed E-state index contributed by atoms with van der Waals surface area (Å²) in [4.78, 5) is 0. The van der Waals surface area contributed by atoms with Gasteiger partial charge >= 0.3 is 258 Å². The molecule has 0 heterocycles. The van der Waals surface area contributed by atoms with E-state index in [9.17, 15) is 0 Å². The molecule has 3 aliphatic carbocycles. The third-order valence-electron chi connectivity index (χ3n) is 9.88.